The molecule has 0 aliphatic heterocycles. The van der Waals surface area contributed by atoms with E-state index >= 15 is 0 Å². The maximum Gasteiger partial charge on any atom is 0.121 e. The summed E-state index contributed by atoms with van der Waals surface area (Å²) < 4.78 is 0. The lowest BCUT2D eigenvalue weighted by atomic mass is 10.1. The van der Waals surface area contributed by atoms with Crippen LogP contribution in [0.5, 0.6) is 0 Å². The summed E-state index contributed by atoms with van der Waals surface area (Å²) in [7, 11) is 0. The molecule has 2 nitrogen and oxygen atoms in total. The van der Waals surface area contributed by atoms with Gasteiger partial charge in [0.05, 0.1) is 6.07 Å². The molecule has 2 heteroatoms. The normalized spacial score (nSPS) is 18.6. The molecule has 15 heavy (non-hydrogen) atoms. The van der Waals surface area contributed by atoms with E-state index in [-0.39, 0.29) is 6.04 Å². The van der Waals surface area contributed by atoms with Crippen molar-refractivity contribution in [3.05, 3.63) is 35.9 Å². The molecule has 1 N–H and O–H groups in total. The third kappa shape index (κ3) is 2.57. The molecule has 2 rings (SSSR count). The van der Waals surface area contributed by atoms with E-state index in [0.29, 0.717) is 6.04 Å². The molecule has 1 aromatic rings. The molecule has 78 valence electrons. The largest absolute Gasteiger partial charge is 0.295 e. The van der Waals surface area contributed by atoms with Crippen LogP contribution in [0, 0.1) is 11.3 Å². The van der Waals surface area contributed by atoms with Crippen LogP contribution in [0.15, 0.2) is 30.3 Å². The Kier molecular flexibility index (Phi) is 3.37. The number of hydrogen-bond acceptors (Lipinski definition) is 2. The average Bonchev–Trinajstić information content (AvgIpc) is 2.80. The Bertz CT molecular complexity index is 333. The van der Waals surface area contributed by atoms with E-state index in [2.05, 4.69) is 11.4 Å². The van der Waals surface area contributed by atoms with E-state index in [1.165, 1.54) is 25.7 Å². The first kappa shape index (κ1) is 10.2. The van der Waals surface area contributed by atoms with Gasteiger partial charge in [-0.15, -0.1) is 0 Å². The maximum atomic E-state index is 9.13. The van der Waals surface area contributed by atoms with Gasteiger partial charge < -0.3 is 0 Å². The molecule has 1 saturated carbocycles. The average molecular weight is 200 g/mol. The van der Waals surface area contributed by atoms with Gasteiger partial charge in [-0.25, -0.2) is 0 Å². The summed E-state index contributed by atoms with van der Waals surface area (Å²) in [6.45, 7) is 0. The second kappa shape index (κ2) is 4.95. The fourth-order valence-corrected chi connectivity index (χ4v) is 2.18. The molecule has 1 atom stereocenters. The van der Waals surface area contributed by atoms with Crippen molar-refractivity contribution in [1.29, 1.82) is 5.26 Å². The van der Waals surface area contributed by atoms with Crippen LogP contribution in [-0.4, -0.2) is 6.04 Å². The van der Waals surface area contributed by atoms with Gasteiger partial charge in [-0.05, 0) is 18.4 Å². The van der Waals surface area contributed by atoms with Crippen molar-refractivity contribution < 1.29 is 0 Å². The van der Waals surface area contributed by atoms with E-state index in [9.17, 15) is 0 Å². The summed E-state index contributed by atoms with van der Waals surface area (Å²) in [4.78, 5) is 0. The molecule has 1 aliphatic carbocycles. The molecule has 0 radical (unpaired) electrons. The lowest BCUT2D eigenvalue weighted by Gasteiger charge is -2.17. The number of hydrogen-bond donors (Lipinski definition) is 1. The van der Waals surface area contributed by atoms with Gasteiger partial charge in [0, 0.05) is 6.04 Å². The molecule has 0 bridgehead atoms. The molecule has 1 fully saturated rings. The monoisotopic (exact) mass is 200 g/mol. The predicted octanol–water partition coefficient (Wildman–Crippen LogP) is 2.78. The second-order valence-electron chi connectivity index (χ2n) is 4.12. The van der Waals surface area contributed by atoms with E-state index in [0.717, 1.165) is 5.56 Å². The fourth-order valence-electron chi connectivity index (χ4n) is 2.18. The van der Waals surface area contributed by atoms with Crippen molar-refractivity contribution >= 4 is 0 Å². The van der Waals surface area contributed by atoms with Crippen LogP contribution in [0.4, 0.5) is 0 Å². The van der Waals surface area contributed by atoms with Gasteiger partial charge >= 0.3 is 0 Å². The van der Waals surface area contributed by atoms with Gasteiger partial charge in [-0.1, -0.05) is 43.2 Å². The summed E-state index contributed by atoms with van der Waals surface area (Å²) in [6.07, 6.45) is 5.02. The summed E-state index contributed by atoms with van der Waals surface area (Å²) in [5.41, 5.74) is 1.08. The highest BCUT2D eigenvalue weighted by Crippen LogP contribution is 2.21. The van der Waals surface area contributed by atoms with Crippen LogP contribution in [0.25, 0.3) is 0 Å². The Morgan fingerprint density at radius 2 is 1.87 bits per heavy atom. The molecule has 0 saturated heterocycles. The highest BCUT2D eigenvalue weighted by Gasteiger charge is 2.19. The van der Waals surface area contributed by atoms with Crippen LogP contribution in [0.3, 0.4) is 0 Å². The van der Waals surface area contributed by atoms with Crippen LogP contribution in [0.1, 0.15) is 37.3 Å². The lowest BCUT2D eigenvalue weighted by molar-refractivity contribution is 0.492. The van der Waals surface area contributed by atoms with Gasteiger partial charge in [-0.2, -0.15) is 5.26 Å². The molecule has 1 aliphatic rings. The predicted molar refractivity (Wildman–Crippen MR) is 60.2 cm³/mol. The van der Waals surface area contributed by atoms with Crippen molar-refractivity contribution in [3.63, 3.8) is 0 Å². The number of nitriles is 1. The van der Waals surface area contributed by atoms with Crippen molar-refractivity contribution in [2.45, 2.75) is 37.8 Å². The minimum atomic E-state index is -0.144. The molecule has 0 unspecified atom stereocenters. The Morgan fingerprint density at radius 3 is 2.47 bits per heavy atom. The number of nitrogens with one attached hydrogen (secondary N) is 1. The van der Waals surface area contributed by atoms with Crippen molar-refractivity contribution in [2.75, 3.05) is 0 Å². The van der Waals surface area contributed by atoms with Crippen molar-refractivity contribution in [1.82, 2.24) is 5.32 Å². The van der Waals surface area contributed by atoms with Crippen molar-refractivity contribution in [2.24, 2.45) is 0 Å². The van der Waals surface area contributed by atoms with Gasteiger partial charge in [0.25, 0.3) is 0 Å². The first-order valence-corrected chi connectivity index (χ1v) is 5.61. The Labute approximate surface area is 90.9 Å². The summed E-state index contributed by atoms with van der Waals surface area (Å²) >= 11 is 0. The summed E-state index contributed by atoms with van der Waals surface area (Å²) in [5.74, 6) is 0. The molecule has 0 spiro atoms. The Hall–Kier alpha value is -1.33. The highest BCUT2D eigenvalue weighted by atomic mass is 15.0. The Balaban J connectivity index is 2.02. The zero-order valence-corrected chi connectivity index (χ0v) is 8.82. The van der Waals surface area contributed by atoms with E-state index in [1.807, 2.05) is 30.3 Å². The topological polar surface area (TPSA) is 35.8 Å². The lowest BCUT2D eigenvalue weighted by Crippen LogP contribution is -2.29. The van der Waals surface area contributed by atoms with E-state index in [4.69, 9.17) is 5.26 Å². The third-order valence-electron chi connectivity index (χ3n) is 3.02. The molecular formula is C13H16N2. The van der Waals surface area contributed by atoms with Gasteiger partial charge in [0.2, 0.25) is 0 Å². The minimum Gasteiger partial charge on any atom is -0.295 e. The molecule has 0 aromatic heterocycles. The SMILES string of the molecule is N#C[C@H](NC1CCCC1)c1ccccc1. The van der Waals surface area contributed by atoms with Crippen molar-refractivity contribution in [3.8, 4) is 6.07 Å². The molecule has 0 amide bonds. The van der Waals surface area contributed by atoms with E-state index < -0.39 is 0 Å². The second-order valence-corrected chi connectivity index (χ2v) is 4.12. The highest BCUT2D eigenvalue weighted by molar-refractivity contribution is 5.23. The van der Waals surface area contributed by atoms with Crippen LogP contribution in [0.2, 0.25) is 0 Å². The first-order chi connectivity index (χ1) is 7.40. The van der Waals surface area contributed by atoms with Gasteiger partial charge in [-0.3, -0.25) is 5.32 Å². The van der Waals surface area contributed by atoms with Crippen LogP contribution < -0.4 is 5.32 Å². The van der Waals surface area contributed by atoms with Crippen LogP contribution >= 0.6 is 0 Å². The first-order valence-electron chi connectivity index (χ1n) is 5.61. The third-order valence-corrected chi connectivity index (χ3v) is 3.02. The molecule has 0 heterocycles. The van der Waals surface area contributed by atoms with Gasteiger partial charge in [0.1, 0.15) is 6.04 Å². The number of rotatable bonds is 3. The summed E-state index contributed by atoms with van der Waals surface area (Å²) in [6, 6.07) is 12.7. The number of benzene rings is 1. The standard InChI is InChI=1S/C13H16N2/c14-10-13(11-6-2-1-3-7-11)15-12-8-4-5-9-12/h1-3,6-7,12-13,15H,4-5,8-9H2/t13-/m0/s1. The molecule has 1 aromatic carbocycles. The maximum absolute atomic E-state index is 9.13. The summed E-state index contributed by atoms with van der Waals surface area (Å²) in [5, 5.41) is 12.5. The smallest absolute Gasteiger partial charge is 0.121 e. The molecular weight excluding hydrogens is 184 g/mol. The fraction of sp³-hybridized carbons (Fsp3) is 0.462. The quantitative estimate of drug-likeness (QED) is 0.814. The van der Waals surface area contributed by atoms with E-state index in [1.54, 1.807) is 0 Å². The zero-order valence-electron chi connectivity index (χ0n) is 8.82. The van der Waals surface area contributed by atoms with Crippen LogP contribution in [-0.2, 0) is 0 Å². The zero-order chi connectivity index (χ0) is 10.5. The number of nitrogens with zero attached hydrogens (tertiary/aromatic N) is 1. The van der Waals surface area contributed by atoms with Gasteiger partial charge in [0.15, 0.2) is 0 Å². The Morgan fingerprint density at radius 1 is 1.20 bits per heavy atom. The minimum absolute atomic E-state index is 0.144.